The van der Waals surface area contributed by atoms with Gasteiger partial charge in [-0.2, -0.15) is 0 Å². The molecular formula is C12H26N2O. The monoisotopic (exact) mass is 214 g/mol. The first-order valence-corrected chi connectivity index (χ1v) is 6.20. The van der Waals surface area contributed by atoms with Gasteiger partial charge in [-0.25, -0.2) is 0 Å². The maximum absolute atomic E-state index is 10.3. The highest BCUT2D eigenvalue weighted by Crippen LogP contribution is 2.19. The van der Waals surface area contributed by atoms with Gasteiger partial charge in [0.05, 0.1) is 5.60 Å². The van der Waals surface area contributed by atoms with Crippen LogP contribution in [0.25, 0.3) is 0 Å². The van der Waals surface area contributed by atoms with E-state index < -0.39 is 5.60 Å². The second-order valence-corrected chi connectivity index (χ2v) is 5.02. The zero-order chi connectivity index (χ0) is 11.5. The molecule has 2 unspecified atom stereocenters. The fourth-order valence-corrected chi connectivity index (χ4v) is 2.17. The van der Waals surface area contributed by atoms with Crippen LogP contribution < -0.4 is 5.32 Å². The standard InChI is InChI=1S/C12H26N2O/c1-5-12(15,6-2)9-14-8-10(3)13-7-11(14)4/h10-11,13,15H,5-9H2,1-4H3. The molecule has 0 bridgehead atoms. The van der Waals surface area contributed by atoms with Gasteiger partial charge in [-0.15, -0.1) is 0 Å². The van der Waals surface area contributed by atoms with Crippen molar-refractivity contribution in [2.45, 2.75) is 58.2 Å². The fourth-order valence-electron chi connectivity index (χ4n) is 2.17. The van der Waals surface area contributed by atoms with Gasteiger partial charge in [-0.1, -0.05) is 13.8 Å². The average Bonchev–Trinajstić information content (AvgIpc) is 2.23. The highest BCUT2D eigenvalue weighted by molar-refractivity contribution is 4.87. The van der Waals surface area contributed by atoms with Crippen LogP contribution in [0.3, 0.4) is 0 Å². The molecule has 0 radical (unpaired) electrons. The summed E-state index contributed by atoms with van der Waals surface area (Å²) in [4.78, 5) is 2.41. The Morgan fingerprint density at radius 3 is 2.47 bits per heavy atom. The Hall–Kier alpha value is -0.120. The average molecular weight is 214 g/mol. The minimum absolute atomic E-state index is 0.495. The number of rotatable bonds is 4. The molecule has 0 aromatic carbocycles. The Bertz CT molecular complexity index is 192. The quantitative estimate of drug-likeness (QED) is 0.738. The molecule has 15 heavy (non-hydrogen) atoms. The van der Waals surface area contributed by atoms with Gasteiger partial charge >= 0.3 is 0 Å². The summed E-state index contributed by atoms with van der Waals surface area (Å²) in [5.74, 6) is 0. The molecule has 1 heterocycles. The van der Waals surface area contributed by atoms with Gasteiger partial charge in [0.1, 0.15) is 0 Å². The molecule has 1 rings (SSSR count). The van der Waals surface area contributed by atoms with Crippen LogP contribution in [0.1, 0.15) is 40.5 Å². The maximum Gasteiger partial charge on any atom is 0.0769 e. The first-order chi connectivity index (χ1) is 7.00. The Kier molecular flexibility index (Phi) is 4.56. The van der Waals surface area contributed by atoms with Gasteiger partial charge in [-0.05, 0) is 26.7 Å². The van der Waals surface area contributed by atoms with E-state index >= 15 is 0 Å². The molecule has 0 saturated carbocycles. The molecule has 0 aromatic rings. The SMILES string of the molecule is CCC(O)(CC)CN1CC(C)NCC1C. The van der Waals surface area contributed by atoms with Gasteiger partial charge in [0.2, 0.25) is 0 Å². The van der Waals surface area contributed by atoms with E-state index in [0.29, 0.717) is 12.1 Å². The van der Waals surface area contributed by atoms with Gasteiger partial charge < -0.3 is 10.4 Å². The molecule has 2 atom stereocenters. The third-order valence-electron chi connectivity index (χ3n) is 3.71. The van der Waals surface area contributed by atoms with E-state index in [9.17, 15) is 5.11 Å². The normalized spacial score (nSPS) is 29.4. The van der Waals surface area contributed by atoms with Crippen LogP contribution in [0.4, 0.5) is 0 Å². The van der Waals surface area contributed by atoms with Crippen molar-refractivity contribution >= 4 is 0 Å². The third kappa shape index (κ3) is 3.44. The lowest BCUT2D eigenvalue weighted by Crippen LogP contribution is -2.58. The molecule has 90 valence electrons. The molecule has 1 fully saturated rings. The first kappa shape index (κ1) is 12.9. The maximum atomic E-state index is 10.3. The lowest BCUT2D eigenvalue weighted by Gasteiger charge is -2.41. The third-order valence-corrected chi connectivity index (χ3v) is 3.71. The molecule has 1 aliphatic heterocycles. The van der Waals surface area contributed by atoms with Gasteiger partial charge in [0.25, 0.3) is 0 Å². The minimum Gasteiger partial charge on any atom is -0.389 e. The van der Waals surface area contributed by atoms with Crippen molar-refractivity contribution in [3.8, 4) is 0 Å². The second kappa shape index (κ2) is 5.28. The molecule has 2 N–H and O–H groups in total. The van der Waals surface area contributed by atoms with E-state index in [-0.39, 0.29) is 0 Å². The number of hydrogen-bond donors (Lipinski definition) is 2. The van der Waals surface area contributed by atoms with Crippen molar-refractivity contribution in [1.29, 1.82) is 0 Å². The summed E-state index contributed by atoms with van der Waals surface area (Å²) in [6, 6.07) is 1.07. The predicted molar refractivity (Wildman–Crippen MR) is 64.0 cm³/mol. The van der Waals surface area contributed by atoms with E-state index in [1.165, 1.54) is 0 Å². The van der Waals surface area contributed by atoms with E-state index in [1.807, 2.05) is 0 Å². The molecule has 0 aromatic heterocycles. The molecule has 0 amide bonds. The van der Waals surface area contributed by atoms with Crippen LogP contribution in [-0.2, 0) is 0 Å². The number of aliphatic hydroxyl groups is 1. The van der Waals surface area contributed by atoms with Crippen LogP contribution in [0.2, 0.25) is 0 Å². The van der Waals surface area contributed by atoms with Gasteiger partial charge in [-0.3, -0.25) is 4.90 Å². The summed E-state index contributed by atoms with van der Waals surface area (Å²) in [5, 5.41) is 13.8. The first-order valence-electron chi connectivity index (χ1n) is 6.20. The number of nitrogens with zero attached hydrogens (tertiary/aromatic N) is 1. The van der Waals surface area contributed by atoms with E-state index in [0.717, 1.165) is 32.5 Å². The number of piperazine rings is 1. The van der Waals surface area contributed by atoms with Crippen molar-refractivity contribution in [2.75, 3.05) is 19.6 Å². The lowest BCUT2D eigenvalue weighted by atomic mass is 9.95. The highest BCUT2D eigenvalue weighted by Gasteiger charge is 2.30. The van der Waals surface area contributed by atoms with Crippen molar-refractivity contribution in [1.82, 2.24) is 10.2 Å². The number of hydrogen-bond acceptors (Lipinski definition) is 3. The second-order valence-electron chi connectivity index (χ2n) is 5.02. The lowest BCUT2D eigenvalue weighted by molar-refractivity contribution is -0.0217. The Morgan fingerprint density at radius 1 is 1.33 bits per heavy atom. The summed E-state index contributed by atoms with van der Waals surface area (Å²) in [6.45, 7) is 11.5. The zero-order valence-corrected chi connectivity index (χ0v) is 10.6. The number of nitrogens with one attached hydrogen (secondary N) is 1. The summed E-state index contributed by atoms with van der Waals surface area (Å²) in [7, 11) is 0. The van der Waals surface area contributed by atoms with Crippen LogP contribution in [0, 0.1) is 0 Å². The fraction of sp³-hybridized carbons (Fsp3) is 1.00. The van der Waals surface area contributed by atoms with Crippen molar-refractivity contribution in [2.24, 2.45) is 0 Å². The van der Waals surface area contributed by atoms with Crippen LogP contribution >= 0.6 is 0 Å². The smallest absolute Gasteiger partial charge is 0.0769 e. The van der Waals surface area contributed by atoms with Crippen molar-refractivity contribution < 1.29 is 5.11 Å². The summed E-state index contributed by atoms with van der Waals surface area (Å²) < 4.78 is 0. The van der Waals surface area contributed by atoms with E-state index in [1.54, 1.807) is 0 Å². The van der Waals surface area contributed by atoms with Gasteiger partial charge in [0, 0.05) is 31.7 Å². The largest absolute Gasteiger partial charge is 0.389 e. The molecule has 0 aliphatic carbocycles. The van der Waals surface area contributed by atoms with E-state index in [2.05, 4.69) is 37.9 Å². The predicted octanol–water partition coefficient (Wildman–Crippen LogP) is 1.22. The molecular weight excluding hydrogens is 188 g/mol. The van der Waals surface area contributed by atoms with Crippen molar-refractivity contribution in [3.63, 3.8) is 0 Å². The molecule has 1 aliphatic rings. The van der Waals surface area contributed by atoms with Crippen LogP contribution in [0.15, 0.2) is 0 Å². The van der Waals surface area contributed by atoms with E-state index in [4.69, 9.17) is 0 Å². The van der Waals surface area contributed by atoms with Crippen LogP contribution in [-0.4, -0.2) is 47.3 Å². The van der Waals surface area contributed by atoms with Crippen molar-refractivity contribution in [3.05, 3.63) is 0 Å². The summed E-state index contributed by atoms with van der Waals surface area (Å²) >= 11 is 0. The topological polar surface area (TPSA) is 35.5 Å². The zero-order valence-electron chi connectivity index (χ0n) is 10.6. The summed E-state index contributed by atoms with van der Waals surface area (Å²) in [5.41, 5.74) is -0.495. The minimum atomic E-state index is -0.495. The highest BCUT2D eigenvalue weighted by atomic mass is 16.3. The molecule has 3 heteroatoms. The molecule has 1 saturated heterocycles. The Labute approximate surface area is 93.9 Å². The van der Waals surface area contributed by atoms with Gasteiger partial charge in [0.15, 0.2) is 0 Å². The number of β-amino-alcohol motifs (C(OH)–C–C–N with tert-alkyl or cyclic N) is 1. The van der Waals surface area contributed by atoms with Crippen LogP contribution in [0.5, 0.6) is 0 Å². The molecule has 3 nitrogen and oxygen atoms in total. The molecule has 0 spiro atoms. The Balaban J connectivity index is 2.54. The Morgan fingerprint density at radius 2 is 1.93 bits per heavy atom. The summed E-state index contributed by atoms with van der Waals surface area (Å²) in [6.07, 6.45) is 1.68.